The highest BCUT2D eigenvalue weighted by Gasteiger charge is 2.26. The minimum Gasteiger partial charge on any atom is -0.490 e. The predicted molar refractivity (Wildman–Crippen MR) is 83.0 cm³/mol. The number of benzene rings is 1. The highest BCUT2D eigenvalue weighted by Crippen LogP contribution is 2.47. The van der Waals surface area contributed by atoms with E-state index in [0.717, 1.165) is 29.4 Å². The first-order chi connectivity index (χ1) is 9.19. The Labute approximate surface area is 128 Å². The fourth-order valence-corrected chi connectivity index (χ4v) is 3.68. The first kappa shape index (κ1) is 15.0. The van der Waals surface area contributed by atoms with E-state index >= 15 is 0 Å². The Morgan fingerprint density at radius 2 is 2.00 bits per heavy atom. The van der Waals surface area contributed by atoms with Gasteiger partial charge in [0.25, 0.3) is 0 Å². The van der Waals surface area contributed by atoms with Gasteiger partial charge < -0.3 is 9.47 Å². The van der Waals surface area contributed by atoms with Crippen molar-refractivity contribution in [2.75, 3.05) is 13.2 Å². The molecule has 0 bridgehead atoms. The second kappa shape index (κ2) is 6.85. The number of rotatable bonds is 4. The normalized spacial score (nSPS) is 18.6. The summed E-state index contributed by atoms with van der Waals surface area (Å²) in [5.74, 6) is 1.63. The van der Waals surface area contributed by atoms with Crippen molar-refractivity contribution in [3.63, 3.8) is 0 Å². The lowest BCUT2D eigenvalue weighted by Crippen LogP contribution is -2.05. The molecule has 19 heavy (non-hydrogen) atoms. The zero-order chi connectivity index (χ0) is 13.8. The lowest BCUT2D eigenvalue weighted by Gasteiger charge is -2.21. The molecule has 0 amide bonds. The lowest BCUT2D eigenvalue weighted by molar-refractivity contribution is 0.285. The molecule has 106 valence electrons. The van der Waals surface area contributed by atoms with Gasteiger partial charge in [0, 0.05) is 21.5 Å². The van der Waals surface area contributed by atoms with E-state index in [1.165, 1.54) is 24.0 Å². The third kappa shape index (κ3) is 3.19. The molecule has 2 nitrogen and oxygen atoms in total. The van der Waals surface area contributed by atoms with Crippen molar-refractivity contribution in [2.24, 2.45) is 0 Å². The second-order valence-corrected chi connectivity index (χ2v) is 6.17. The molecule has 0 N–H and O–H groups in total. The fraction of sp³-hybridized carbons (Fsp3) is 0.600. The molecule has 1 unspecified atom stereocenters. The summed E-state index contributed by atoms with van der Waals surface area (Å²) in [7, 11) is 0. The SMILES string of the molecule is CCOc1cc(Cl)c2c(c1OCC)C(Br)CCCC2. The zero-order valence-electron chi connectivity index (χ0n) is 11.5. The molecule has 1 aromatic carbocycles. The van der Waals surface area contributed by atoms with Crippen LogP contribution in [0, 0.1) is 0 Å². The highest BCUT2D eigenvalue weighted by molar-refractivity contribution is 9.09. The third-order valence-corrected chi connectivity index (χ3v) is 4.63. The molecule has 1 aliphatic rings. The molecule has 0 saturated carbocycles. The van der Waals surface area contributed by atoms with E-state index in [4.69, 9.17) is 21.1 Å². The van der Waals surface area contributed by atoms with Crippen LogP contribution in [0.15, 0.2) is 6.07 Å². The molecule has 0 aliphatic heterocycles. The maximum absolute atomic E-state index is 6.44. The van der Waals surface area contributed by atoms with Crippen molar-refractivity contribution >= 4 is 27.5 Å². The van der Waals surface area contributed by atoms with Gasteiger partial charge in [0.05, 0.1) is 13.2 Å². The molecule has 0 fully saturated rings. The molecule has 0 aromatic heterocycles. The summed E-state index contributed by atoms with van der Waals surface area (Å²) < 4.78 is 11.6. The molecule has 1 aromatic rings. The number of ether oxygens (including phenoxy) is 2. The second-order valence-electron chi connectivity index (χ2n) is 4.66. The maximum atomic E-state index is 6.44. The topological polar surface area (TPSA) is 18.5 Å². The number of hydrogen-bond acceptors (Lipinski definition) is 2. The van der Waals surface area contributed by atoms with Crippen molar-refractivity contribution in [1.29, 1.82) is 0 Å². The Kier molecular flexibility index (Phi) is 5.40. The van der Waals surface area contributed by atoms with Crippen LogP contribution in [0.4, 0.5) is 0 Å². The van der Waals surface area contributed by atoms with Gasteiger partial charge in [-0.15, -0.1) is 0 Å². The highest BCUT2D eigenvalue weighted by atomic mass is 79.9. The van der Waals surface area contributed by atoms with Gasteiger partial charge in [-0.2, -0.15) is 0 Å². The van der Waals surface area contributed by atoms with E-state index < -0.39 is 0 Å². The quantitative estimate of drug-likeness (QED) is 0.543. The number of alkyl halides is 1. The monoisotopic (exact) mass is 346 g/mol. The molecular weight excluding hydrogens is 328 g/mol. The van der Waals surface area contributed by atoms with E-state index in [0.29, 0.717) is 18.0 Å². The summed E-state index contributed by atoms with van der Waals surface area (Å²) in [6, 6.07) is 1.90. The van der Waals surface area contributed by atoms with Crippen LogP contribution in [0.5, 0.6) is 11.5 Å². The summed E-state index contributed by atoms with van der Waals surface area (Å²) >= 11 is 10.2. The van der Waals surface area contributed by atoms with Crippen LogP contribution in [0.2, 0.25) is 5.02 Å². The molecule has 0 heterocycles. The molecular formula is C15H20BrClO2. The fourth-order valence-electron chi connectivity index (χ4n) is 2.58. The van der Waals surface area contributed by atoms with Gasteiger partial charge in [-0.05, 0) is 38.7 Å². The van der Waals surface area contributed by atoms with E-state index in [1.54, 1.807) is 0 Å². The maximum Gasteiger partial charge on any atom is 0.165 e. The smallest absolute Gasteiger partial charge is 0.165 e. The predicted octanol–water partition coefficient (Wildman–Crippen LogP) is 5.30. The average Bonchev–Trinajstić information content (AvgIpc) is 2.57. The van der Waals surface area contributed by atoms with E-state index in [-0.39, 0.29) is 0 Å². The van der Waals surface area contributed by atoms with Gasteiger partial charge in [-0.1, -0.05) is 34.0 Å². The Balaban J connectivity index is 2.58. The van der Waals surface area contributed by atoms with Crippen LogP contribution >= 0.6 is 27.5 Å². The molecule has 0 radical (unpaired) electrons. The van der Waals surface area contributed by atoms with Crippen LogP contribution in [0.25, 0.3) is 0 Å². The van der Waals surface area contributed by atoms with Gasteiger partial charge in [0.2, 0.25) is 0 Å². The van der Waals surface area contributed by atoms with E-state index in [2.05, 4.69) is 15.9 Å². The first-order valence-electron chi connectivity index (χ1n) is 6.93. The molecule has 1 aliphatic carbocycles. The van der Waals surface area contributed by atoms with Gasteiger partial charge in [0.1, 0.15) is 0 Å². The largest absolute Gasteiger partial charge is 0.490 e. The Morgan fingerprint density at radius 1 is 1.26 bits per heavy atom. The minimum absolute atomic E-state index is 0.296. The Hall–Kier alpha value is -0.410. The summed E-state index contributed by atoms with van der Waals surface area (Å²) in [6.07, 6.45) is 4.51. The first-order valence-corrected chi connectivity index (χ1v) is 8.23. The summed E-state index contributed by atoms with van der Waals surface area (Å²) in [6.45, 7) is 5.22. The third-order valence-electron chi connectivity index (χ3n) is 3.38. The van der Waals surface area contributed by atoms with E-state index in [1.807, 2.05) is 19.9 Å². The molecule has 1 atom stereocenters. The van der Waals surface area contributed by atoms with Crippen LogP contribution < -0.4 is 9.47 Å². The van der Waals surface area contributed by atoms with E-state index in [9.17, 15) is 0 Å². The van der Waals surface area contributed by atoms with Crippen LogP contribution in [-0.2, 0) is 6.42 Å². The molecule has 4 heteroatoms. The Bertz CT molecular complexity index is 448. The van der Waals surface area contributed by atoms with Crippen molar-refractivity contribution < 1.29 is 9.47 Å². The van der Waals surface area contributed by atoms with Gasteiger partial charge in [-0.25, -0.2) is 0 Å². The van der Waals surface area contributed by atoms with Gasteiger partial charge in [0.15, 0.2) is 11.5 Å². The zero-order valence-corrected chi connectivity index (χ0v) is 13.8. The van der Waals surface area contributed by atoms with Crippen LogP contribution in [0.1, 0.15) is 49.1 Å². The van der Waals surface area contributed by atoms with Crippen molar-refractivity contribution in [2.45, 2.75) is 44.4 Å². The summed E-state index contributed by atoms with van der Waals surface area (Å²) in [4.78, 5) is 0.296. The van der Waals surface area contributed by atoms with Crippen LogP contribution in [-0.4, -0.2) is 13.2 Å². The van der Waals surface area contributed by atoms with Crippen molar-refractivity contribution in [3.8, 4) is 11.5 Å². The number of fused-ring (bicyclic) bond motifs is 1. The summed E-state index contributed by atoms with van der Waals surface area (Å²) in [5, 5.41) is 0.799. The minimum atomic E-state index is 0.296. The van der Waals surface area contributed by atoms with Crippen LogP contribution in [0.3, 0.4) is 0 Å². The van der Waals surface area contributed by atoms with Crippen molar-refractivity contribution in [3.05, 3.63) is 22.2 Å². The number of halogens is 2. The molecule has 0 spiro atoms. The van der Waals surface area contributed by atoms with Crippen molar-refractivity contribution in [1.82, 2.24) is 0 Å². The summed E-state index contributed by atoms with van der Waals surface area (Å²) in [5.41, 5.74) is 2.41. The average molecular weight is 348 g/mol. The lowest BCUT2D eigenvalue weighted by atomic mass is 10.0. The van der Waals surface area contributed by atoms with Gasteiger partial charge >= 0.3 is 0 Å². The molecule has 0 saturated heterocycles. The van der Waals surface area contributed by atoms with Gasteiger partial charge in [-0.3, -0.25) is 0 Å². The molecule has 2 rings (SSSR count). The standard InChI is InChI=1S/C15H20BrClO2/c1-3-18-13-9-12(17)10-7-5-6-8-11(16)14(10)15(13)19-4-2/h9,11H,3-8H2,1-2H3. The number of hydrogen-bond donors (Lipinski definition) is 0. The Morgan fingerprint density at radius 3 is 2.68 bits per heavy atom.